The van der Waals surface area contributed by atoms with Crippen LogP contribution in [0.3, 0.4) is 0 Å². The second-order valence-electron chi connectivity index (χ2n) is 5.59. The van der Waals surface area contributed by atoms with E-state index in [2.05, 4.69) is 4.98 Å². The van der Waals surface area contributed by atoms with Crippen molar-refractivity contribution in [3.63, 3.8) is 0 Å². The van der Waals surface area contributed by atoms with Gasteiger partial charge >= 0.3 is 0 Å². The molecule has 0 atom stereocenters. The maximum absolute atomic E-state index is 13.4. The Morgan fingerprint density at radius 3 is 2.25 bits per heavy atom. The first-order valence-corrected chi connectivity index (χ1v) is 7.66. The van der Waals surface area contributed by atoms with Crippen molar-refractivity contribution in [2.45, 2.75) is 0 Å². The van der Waals surface area contributed by atoms with E-state index < -0.39 is 0 Å². The molecule has 116 valence electrons. The van der Waals surface area contributed by atoms with Gasteiger partial charge in [-0.2, -0.15) is 0 Å². The molecule has 0 saturated heterocycles. The molecule has 0 aliphatic carbocycles. The van der Waals surface area contributed by atoms with Crippen LogP contribution in [0.15, 0.2) is 79.0 Å². The molecule has 3 aromatic carbocycles. The molecule has 0 amide bonds. The lowest BCUT2D eigenvalue weighted by Crippen LogP contribution is -1.91. The Morgan fingerprint density at radius 1 is 0.750 bits per heavy atom. The van der Waals surface area contributed by atoms with Crippen molar-refractivity contribution in [1.29, 1.82) is 0 Å². The summed E-state index contributed by atoms with van der Waals surface area (Å²) in [7, 11) is 0. The number of benzene rings is 3. The number of pyridine rings is 1. The average molecular weight is 315 g/mol. The van der Waals surface area contributed by atoms with Crippen LogP contribution in [0.2, 0.25) is 0 Å². The largest absolute Gasteiger partial charge is 0.507 e. The minimum atomic E-state index is -0.277. The molecular weight excluding hydrogens is 301 g/mol. The van der Waals surface area contributed by atoms with Crippen LogP contribution in [0.5, 0.6) is 5.75 Å². The summed E-state index contributed by atoms with van der Waals surface area (Å²) in [5, 5.41) is 11.2. The van der Waals surface area contributed by atoms with E-state index in [-0.39, 0.29) is 11.6 Å². The quantitative estimate of drug-likeness (QED) is 0.536. The molecule has 0 radical (unpaired) electrons. The second-order valence-corrected chi connectivity index (χ2v) is 5.59. The molecule has 0 bridgehead atoms. The number of rotatable bonds is 2. The fourth-order valence-electron chi connectivity index (χ4n) is 2.97. The minimum absolute atomic E-state index is 0.193. The van der Waals surface area contributed by atoms with Gasteiger partial charge in [-0.05, 0) is 29.8 Å². The normalized spacial score (nSPS) is 10.9. The SMILES string of the molecule is Oc1ccccc1-c1cnc2ccccc2c1-c1ccc(F)cc1. The highest BCUT2D eigenvalue weighted by Crippen LogP contribution is 2.40. The first-order valence-electron chi connectivity index (χ1n) is 7.66. The van der Waals surface area contributed by atoms with Gasteiger partial charge in [-0.3, -0.25) is 4.98 Å². The predicted octanol–water partition coefficient (Wildman–Crippen LogP) is 5.41. The Kier molecular flexibility index (Phi) is 3.47. The van der Waals surface area contributed by atoms with Crippen molar-refractivity contribution in [3.8, 4) is 28.0 Å². The lowest BCUT2D eigenvalue weighted by molar-refractivity contribution is 0.477. The van der Waals surface area contributed by atoms with Gasteiger partial charge in [-0.25, -0.2) is 4.39 Å². The van der Waals surface area contributed by atoms with E-state index in [1.165, 1.54) is 12.1 Å². The Balaban J connectivity index is 2.09. The molecule has 3 heteroatoms. The number of fused-ring (bicyclic) bond motifs is 1. The van der Waals surface area contributed by atoms with Crippen molar-refractivity contribution in [3.05, 3.63) is 84.8 Å². The van der Waals surface area contributed by atoms with Crippen LogP contribution < -0.4 is 0 Å². The van der Waals surface area contributed by atoms with Crippen LogP contribution in [-0.4, -0.2) is 10.1 Å². The number of nitrogens with zero attached hydrogens (tertiary/aromatic N) is 1. The Morgan fingerprint density at radius 2 is 1.46 bits per heavy atom. The van der Waals surface area contributed by atoms with Crippen LogP contribution in [-0.2, 0) is 0 Å². The van der Waals surface area contributed by atoms with Crippen molar-refractivity contribution in [2.75, 3.05) is 0 Å². The van der Waals surface area contributed by atoms with Crippen molar-refractivity contribution < 1.29 is 9.50 Å². The third kappa shape index (κ3) is 2.40. The van der Waals surface area contributed by atoms with E-state index >= 15 is 0 Å². The highest BCUT2D eigenvalue weighted by molar-refractivity contribution is 6.02. The lowest BCUT2D eigenvalue weighted by atomic mass is 9.92. The summed E-state index contributed by atoms with van der Waals surface area (Å²) in [6, 6.07) is 21.4. The van der Waals surface area contributed by atoms with Crippen LogP contribution in [0.25, 0.3) is 33.2 Å². The molecule has 4 rings (SSSR count). The Labute approximate surface area is 138 Å². The molecular formula is C21H14FNO. The van der Waals surface area contributed by atoms with Crippen LogP contribution in [0.1, 0.15) is 0 Å². The standard InChI is InChI=1S/C21H14FNO/c22-15-11-9-14(10-12-15)21-17-6-1-3-7-19(17)23-13-18(21)16-5-2-4-8-20(16)24/h1-13,24H. The summed E-state index contributed by atoms with van der Waals surface area (Å²) < 4.78 is 13.4. The van der Waals surface area contributed by atoms with Gasteiger partial charge in [0.25, 0.3) is 0 Å². The molecule has 1 heterocycles. The molecule has 1 N–H and O–H groups in total. The molecule has 0 unspecified atom stereocenters. The minimum Gasteiger partial charge on any atom is -0.507 e. The number of aromatic hydroxyl groups is 1. The van der Waals surface area contributed by atoms with E-state index in [4.69, 9.17) is 0 Å². The third-order valence-electron chi connectivity index (χ3n) is 4.10. The van der Waals surface area contributed by atoms with Gasteiger partial charge in [0.1, 0.15) is 11.6 Å². The van der Waals surface area contributed by atoms with Crippen molar-refractivity contribution >= 4 is 10.9 Å². The third-order valence-corrected chi connectivity index (χ3v) is 4.10. The predicted molar refractivity (Wildman–Crippen MR) is 94.2 cm³/mol. The van der Waals surface area contributed by atoms with Gasteiger partial charge in [0.15, 0.2) is 0 Å². The fraction of sp³-hybridized carbons (Fsp3) is 0. The Hall–Kier alpha value is -3.20. The number of hydrogen-bond donors (Lipinski definition) is 1. The smallest absolute Gasteiger partial charge is 0.123 e. The summed E-state index contributed by atoms with van der Waals surface area (Å²) in [4.78, 5) is 4.52. The number of hydrogen-bond acceptors (Lipinski definition) is 2. The summed E-state index contributed by atoms with van der Waals surface area (Å²) in [6.45, 7) is 0. The first-order chi connectivity index (χ1) is 11.7. The van der Waals surface area contributed by atoms with E-state index in [0.29, 0.717) is 5.56 Å². The molecule has 4 aromatic rings. The van der Waals surface area contributed by atoms with Gasteiger partial charge in [0.2, 0.25) is 0 Å². The molecule has 0 fully saturated rings. The summed E-state index contributed by atoms with van der Waals surface area (Å²) in [5.41, 5.74) is 4.19. The van der Waals surface area contributed by atoms with E-state index in [0.717, 1.165) is 27.6 Å². The molecule has 0 saturated carbocycles. The fourth-order valence-corrected chi connectivity index (χ4v) is 2.97. The van der Waals surface area contributed by atoms with E-state index in [9.17, 15) is 9.50 Å². The summed E-state index contributed by atoms with van der Waals surface area (Å²) >= 11 is 0. The second kappa shape index (κ2) is 5.78. The highest BCUT2D eigenvalue weighted by Gasteiger charge is 2.15. The zero-order chi connectivity index (χ0) is 16.5. The summed E-state index contributed by atoms with van der Waals surface area (Å²) in [5.74, 6) is -0.0841. The maximum Gasteiger partial charge on any atom is 0.123 e. The van der Waals surface area contributed by atoms with Gasteiger partial charge in [-0.1, -0.05) is 48.5 Å². The number of aromatic nitrogens is 1. The van der Waals surface area contributed by atoms with Crippen LogP contribution in [0, 0.1) is 5.82 Å². The average Bonchev–Trinajstić information content (AvgIpc) is 2.62. The zero-order valence-corrected chi connectivity index (χ0v) is 12.8. The molecule has 0 aliphatic rings. The number of phenolic OH excluding ortho intramolecular Hbond substituents is 1. The number of halogens is 1. The van der Waals surface area contributed by atoms with E-state index in [1.807, 2.05) is 36.4 Å². The van der Waals surface area contributed by atoms with E-state index in [1.54, 1.807) is 30.5 Å². The van der Waals surface area contributed by atoms with Crippen molar-refractivity contribution in [2.24, 2.45) is 0 Å². The van der Waals surface area contributed by atoms with Crippen LogP contribution in [0.4, 0.5) is 4.39 Å². The van der Waals surface area contributed by atoms with Gasteiger partial charge in [0.05, 0.1) is 5.52 Å². The van der Waals surface area contributed by atoms with Gasteiger partial charge < -0.3 is 5.11 Å². The maximum atomic E-state index is 13.4. The molecule has 0 spiro atoms. The molecule has 0 aliphatic heterocycles. The first kappa shape index (κ1) is 14.4. The molecule has 1 aromatic heterocycles. The van der Waals surface area contributed by atoms with Crippen LogP contribution >= 0.6 is 0 Å². The van der Waals surface area contributed by atoms with Gasteiger partial charge in [0, 0.05) is 28.3 Å². The topological polar surface area (TPSA) is 33.1 Å². The Bertz CT molecular complexity index is 1030. The molecule has 2 nitrogen and oxygen atoms in total. The molecule has 24 heavy (non-hydrogen) atoms. The van der Waals surface area contributed by atoms with Gasteiger partial charge in [-0.15, -0.1) is 0 Å². The highest BCUT2D eigenvalue weighted by atomic mass is 19.1. The zero-order valence-electron chi connectivity index (χ0n) is 12.8. The summed E-state index contributed by atoms with van der Waals surface area (Å²) in [6.07, 6.45) is 1.76. The lowest BCUT2D eigenvalue weighted by Gasteiger charge is -2.14. The number of phenols is 1. The van der Waals surface area contributed by atoms with Crippen molar-refractivity contribution in [1.82, 2.24) is 4.98 Å². The number of para-hydroxylation sites is 2. The monoisotopic (exact) mass is 315 g/mol.